The number of pyridine rings is 4. The molecule has 82 heavy (non-hydrogen) atoms. The quantitative estimate of drug-likeness (QED) is 0.115. The number of rotatable bonds is 11. The smallest absolute Gasteiger partial charge is 0.164 e. The monoisotopic (exact) mass is 1060 g/mol. The van der Waals surface area contributed by atoms with Crippen LogP contribution in [-0.2, 0) is 6.42 Å². The third-order valence-electron chi connectivity index (χ3n) is 15.2. The van der Waals surface area contributed by atoms with E-state index in [0.717, 1.165) is 128 Å². The summed E-state index contributed by atoms with van der Waals surface area (Å²) in [6, 6.07) is 77.2. The Morgan fingerprint density at radius 3 is 1.12 bits per heavy atom. The van der Waals surface area contributed by atoms with Crippen molar-refractivity contribution in [1.82, 2.24) is 49.8 Å². The highest BCUT2D eigenvalue weighted by molar-refractivity contribution is 6.10. The number of benzene rings is 8. The van der Waals surface area contributed by atoms with Crippen molar-refractivity contribution in [3.63, 3.8) is 0 Å². The Balaban J connectivity index is 0.838. The number of aryl methyl sites for hydroxylation is 3. The molecule has 0 amide bonds. The Morgan fingerprint density at radius 1 is 0.280 bits per heavy atom. The fraction of sp³-hybridized carbons (Fsp3) is 0.0833. The summed E-state index contributed by atoms with van der Waals surface area (Å²) in [5.74, 6) is 3.58. The Morgan fingerprint density at radius 2 is 0.646 bits per heavy atom. The van der Waals surface area contributed by atoms with E-state index >= 15 is 0 Å². The molecule has 1 atom stereocenters. The maximum Gasteiger partial charge on any atom is 0.164 e. The molecule has 0 radical (unpaired) electrons. The zero-order valence-electron chi connectivity index (χ0n) is 45.6. The van der Waals surface area contributed by atoms with E-state index in [4.69, 9.17) is 49.8 Å². The van der Waals surface area contributed by atoms with Gasteiger partial charge in [-0.2, -0.15) is 0 Å². The summed E-state index contributed by atoms with van der Waals surface area (Å²) in [4.78, 5) is 51.2. The normalized spacial score (nSPS) is 11.9. The van der Waals surface area contributed by atoms with E-state index in [9.17, 15) is 0 Å². The first-order valence-corrected chi connectivity index (χ1v) is 27.6. The minimum Gasteiger partial charge on any atom is -0.251 e. The van der Waals surface area contributed by atoms with Gasteiger partial charge in [-0.05, 0) is 97.5 Å². The first-order valence-electron chi connectivity index (χ1n) is 27.6. The van der Waals surface area contributed by atoms with E-state index in [2.05, 4.69) is 134 Å². The maximum atomic E-state index is 5.50. The van der Waals surface area contributed by atoms with Gasteiger partial charge in [0.1, 0.15) is 0 Å². The number of aromatic nitrogens is 10. The van der Waals surface area contributed by atoms with Crippen molar-refractivity contribution < 1.29 is 0 Å². The molecule has 14 rings (SSSR count). The molecule has 390 valence electrons. The van der Waals surface area contributed by atoms with Gasteiger partial charge in [-0.25, -0.2) is 29.9 Å². The lowest BCUT2D eigenvalue weighted by Crippen LogP contribution is -2.04. The summed E-state index contributed by atoms with van der Waals surface area (Å²) in [6.45, 7) is 8.34. The maximum absolute atomic E-state index is 5.50. The number of nitrogens with zero attached hydrogens (tertiary/aromatic N) is 10. The molecule has 1 unspecified atom stereocenters. The highest BCUT2D eigenvalue weighted by Gasteiger charge is 2.21. The van der Waals surface area contributed by atoms with Crippen molar-refractivity contribution >= 4 is 43.6 Å². The average molecular weight is 1060 g/mol. The van der Waals surface area contributed by atoms with Crippen molar-refractivity contribution in [2.24, 2.45) is 0 Å². The fourth-order valence-electron chi connectivity index (χ4n) is 11.1. The standard InChI is InChI=1S/C72H52N10/c1-43(62-42-61(59-36-34-49-32-30-45(3)74-64(49)66(59)76-62)54-25-16-28-57(41-54)71-79-67(50-18-8-5-9-19-50)77-68(80-71)51-20-10-6-11-21-51)37-47-17-14-26-55(39-47)70-78-69(52-22-12-7-13-23-52)81-72(82-70)56-27-15-24-53(40-56)60-38-46(4)75-65-58(60)35-33-48-31-29-44(2)73-63(48)65/h5-36,38-43H,37H2,1-4H3. The summed E-state index contributed by atoms with van der Waals surface area (Å²) in [7, 11) is 0. The van der Waals surface area contributed by atoms with Crippen LogP contribution in [0.1, 0.15) is 41.2 Å². The molecular formula is C72H52N10. The second kappa shape index (κ2) is 20.9. The number of fused-ring (bicyclic) bond motifs is 6. The second-order valence-electron chi connectivity index (χ2n) is 21.1. The molecule has 0 saturated heterocycles. The molecule has 6 aromatic heterocycles. The van der Waals surface area contributed by atoms with Gasteiger partial charge < -0.3 is 0 Å². The van der Waals surface area contributed by atoms with Crippen LogP contribution in [0.25, 0.3) is 134 Å². The van der Waals surface area contributed by atoms with E-state index in [-0.39, 0.29) is 5.92 Å². The van der Waals surface area contributed by atoms with E-state index < -0.39 is 0 Å². The van der Waals surface area contributed by atoms with Crippen LogP contribution in [0.3, 0.4) is 0 Å². The van der Waals surface area contributed by atoms with E-state index in [1.807, 2.05) is 118 Å². The lowest BCUT2D eigenvalue weighted by molar-refractivity contribution is 0.735. The highest BCUT2D eigenvalue weighted by Crippen LogP contribution is 2.39. The summed E-state index contributed by atoms with van der Waals surface area (Å²) < 4.78 is 0. The molecule has 0 aliphatic heterocycles. The summed E-state index contributed by atoms with van der Waals surface area (Å²) in [5, 5.41) is 4.16. The Labute approximate surface area is 474 Å². The molecule has 8 aromatic carbocycles. The van der Waals surface area contributed by atoms with Crippen LogP contribution in [0, 0.1) is 20.8 Å². The van der Waals surface area contributed by atoms with Crippen molar-refractivity contribution in [3.8, 4) is 90.6 Å². The molecule has 0 aliphatic carbocycles. The average Bonchev–Trinajstić information content (AvgIpc) is 3.73. The van der Waals surface area contributed by atoms with E-state index in [0.29, 0.717) is 41.4 Å². The predicted molar refractivity (Wildman–Crippen MR) is 331 cm³/mol. The fourth-order valence-corrected chi connectivity index (χ4v) is 11.1. The highest BCUT2D eigenvalue weighted by atomic mass is 15.0. The van der Waals surface area contributed by atoms with Crippen LogP contribution in [-0.4, -0.2) is 49.8 Å². The van der Waals surface area contributed by atoms with Gasteiger partial charge >= 0.3 is 0 Å². The molecule has 6 heterocycles. The van der Waals surface area contributed by atoms with Crippen LogP contribution >= 0.6 is 0 Å². The van der Waals surface area contributed by atoms with Gasteiger partial charge in [0, 0.05) is 83.6 Å². The van der Waals surface area contributed by atoms with Crippen LogP contribution in [0.15, 0.2) is 224 Å². The van der Waals surface area contributed by atoms with Crippen molar-refractivity contribution in [2.75, 3.05) is 0 Å². The first-order chi connectivity index (χ1) is 40.2. The number of hydrogen-bond acceptors (Lipinski definition) is 10. The molecule has 10 heteroatoms. The SMILES string of the molecule is Cc1ccc2ccc3c(-c4cccc(-c5nc(-c6ccccc6)nc(-c6cccc(CC(C)c7cc(-c8cccc(-c9nc(-c%10ccccc%10)nc(-c%10ccccc%10)n9)c8)c8ccc9ccc(C)nc9c8n7)c6)n5)c4)cc(C)nc3c2n1. The Hall–Kier alpha value is -10.6. The molecule has 0 fully saturated rings. The van der Waals surface area contributed by atoms with Crippen LogP contribution in [0.5, 0.6) is 0 Å². The molecule has 0 bridgehead atoms. The minimum atomic E-state index is -0.00530. The zero-order chi connectivity index (χ0) is 55.3. The largest absolute Gasteiger partial charge is 0.251 e. The van der Waals surface area contributed by atoms with Gasteiger partial charge in [0.05, 0.1) is 22.1 Å². The van der Waals surface area contributed by atoms with Crippen molar-refractivity contribution in [2.45, 2.75) is 40.0 Å². The summed E-state index contributed by atoms with van der Waals surface area (Å²) in [5.41, 5.74) is 18.0. The van der Waals surface area contributed by atoms with Gasteiger partial charge in [-0.1, -0.05) is 189 Å². The molecule has 10 nitrogen and oxygen atoms in total. The molecule has 0 aliphatic rings. The van der Waals surface area contributed by atoms with Gasteiger partial charge in [0.15, 0.2) is 34.9 Å². The van der Waals surface area contributed by atoms with E-state index in [1.54, 1.807) is 0 Å². The minimum absolute atomic E-state index is 0.00530. The first kappa shape index (κ1) is 49.7. The topological polar surface area (TPSA) is 129 Å². The van der Waals surface area contributed by atoms with Crippen LogP contribution in [0.2, 0.25) is 0 Å². The summed E-state index contributed by atoms with van der Waals surface area (Å²) >= 11 is 0. The third kappa shape index (κ3) is 9.66. The van der Waals surface area contributed by atoms with Crippen molar-refractivity contribution in [1.29, 1.82) is 0 Å². The van der Waals surface area contributed by atoms with Crippen LogP contribution in [0.4, 0.5) is 0 Å². The Bertz CT molecular complexity index is 4720. The Kier molecular flexibility index (Phi) is 12.7. The van der Waals surface area contributed by atoms with Crippen LogP contribution < -0.4 is 0 Å². The second-order valence-corrected chi connectivity index (χ2v) is 21.1. The zero-order valence-corrected chi connectivity index (χ0v) is 45.6. The van der Waals surface area contributed by atoms with Crippen molar-refractivity contribution in [3.05, 3.63) is 253 Å². The van der Waals surface area contributed by atoms with Gasteiger partial charge in [0.25, 0.3) is 0 Å². The lowest BCUT2D eigenvalue weighted by Gasteiger charge is -2.17. The number of hydrogen-bond donors (Lipinski definition) is 0. The molecule has 0 N–H and O–H groups in total. The molecule has 14 aromatic rings. The summed E-state index contributed by atoms with van der Waals surface area (Å²) in [6.07, 6.45) is 0.702. The molecule has 0 spiro atoms. The van der Waals surface area contributed by atoms with Gasteiger partial charge in [-0.3, -0.25) is 19.9 Å². The third-order valence-corrected chi connectivity index (χ3v) is 15.2. The van der Waals surface area contributed by atoms with Gasteiger partial charge in [0.2, 0.25) is 0 Å². The van der Waals surface area contributed by atoms with E-state index in [1.165, 1.54) is 0 Å². The molecule has 0 saturated carbocycles. The predicted octanol–water partition coefficient (Wildman–Crippen LogP) is 16.9. The van der Waals surface area contributed by atoms with Gasteiger partial charge in [-0.15, -0.1) is 0 Å². The molecular weight excluding hydrogens is 1000 g/mol. The lowest BCUT2D eigenvalue weighted by atomic mass is 9.92.